The number of carbonyl (C=O) groups is 2. The molecule has 0 fully saturated rings. The zero-order valence-corrected chi connectivity index (χ0v) is 22.5. The number of amides is 1. The second-order valence-corrected chi connectivity index (χ2v) is 9.87. The van der Waals surface area contributed by atoms with Crippen molar-refractivity contribution in [1.82, 2.24) is 9.88 Å². The Labute approximate surface area is 226 Å². The van der Waals surface area contributed by atoms with E-state index in [1.54, 1.807) is 24.3 Å². The molecule has 198 valence electrons. The molecule has 1 amide bonds. The van der Waals surface area contributed by atoms with E-state index in [1.165, 1.54) is 12.1 Å². The van der Waals surface area contributed by atoms with Gasteiger partial charge in [-0.15, -0.1) is 0 Å². The minimum absolute atomic E-state index is 0.0461. The van der Waals surface area contributed by atoms with Gasteiger partial charge < -0.3 is 19.7 Å². The van der Waals surface area contributed by atoms with Gasteiger partial charge in [-0.2, -0.15) is 0 Å². The lowest BCUT2D eigenvalue weighted by Crippen LogP contribution is -2.30. The molecule has 3 aromatic carbocycles. The first-order valence-corrected chi connectivity index (χ1v) is 12.8. The zero-order valence-electron chi connectivity index (χ0n) is 21.8. The number of nitrogens with zero attached hydrogens (tertiary/aromatic N) is 1. The molecule has 0 unspecified atom stereocenters. The highest BCUT2D eigenvalue weighted by atomic mass is 35.5. The standard InChI is InChI=1S/C30H30ClFN2O4/c1-5-26(33-30(37)29-18(3)25-15-21(31)8-10-27(25)34(29)4)20-13-22(32)16-24(14-20)38-23-9-6-19(17(2)12-23)7-11-28(35)36/h6,8-10,12-16,26H,5,7,11H2,1-4H3,(H,33,37)(H,35,36)/t26-/m1/s1. The zero-order chi connectivity index (χ0) is 27.6. The molecule has 0 saturated heterocycles. The molecule has 6 nitrogen and oxygen atoms in total. The van der Waals surface area contributed by atoms with Crippen LogP contribution in [0.2, 0.25) is 5.02 Å². The number of halogens is 2. The molecule has 2 N–H and O–H groups in total. The Morgan fingerprint density at radius 2 is 1.84 bits per heavy atom. The van der Waals surface area contributed by atoms with Crippen LogP contribution in [0.1, 0.15) is 58.5 Å². The number of nitrogens with one attached hydrogen (secondary N) is 1. The molecule has 0 spiro atoms. The highest BCUT2D eigenvalue weighted by Gasteiger charge is 2.22. The molecule has 8 heteroatoms. The number of carbonyl (C=O) groups excluding carboxylic acids is 1. The fraction of sp³-hybridized carbons (Fsp3) is 0.267. The first kappa shape index (κ1) is 27.2. The second-order valence-electron chi connectivity index (χ2n) is 9.43. The number of benzene rings is 3. The monoisotopic (exact) mass is 536 g/mol. The van der Waals surface area contributed by atoms with E-state index < -0.39 is 17.8 Å². The van der Waals surface area contributed by atoms with Crippen LogP contribution in [-0.4, -0.2) is 21.6 Å². The van der Waals surface area contributed by atoms with E-state index in [2.05, 4.69) is 5.32 Å². The van der Waals surface area contributed by atoms with Crippen molar-refractivity contribution in [2.75, 3.05) is 0 Å². The summed E-state index contributed by atoms with van der Waals surface area (Å²) in [5.74, 6) is -0.769. The van der Waals surface area contributed by atoms with Gasteiger partial charge in [0, 0.05) is 35.5 Å². The number of ether oxygens (including phenoxy) is 1. The number of carboxylic acids is 1. The van der Waals surface area contributed by atoms with Crippen molar-refractivity contribution >= 4 is 34.4 Å². The number of aliphatic carboxylic acids is 1. The molecule has 4 rings (SSSR count). The van der Waals surface area contributed by atoms with Gasteiger partial charge in [0.2, 0.25) is 0 Å². The van der Waals surface area contributed by atoms with E-state index in [1.807, 2.05) is 50.6 Å². The lowest BCUT2D eigenvalue weighted by molar-refractivity contribution is -0.136. The van der Waals surface area contributed by atoms with Crippen molar-refractivity contribution in [3.05, 3.63) is 93.4 Å². The van der Waals surface area contributed by atoms with E-state index in [4.69, 9.17) is 21.4 Å². The molecule has 1 heterocycles. The van der Waals surface area contributed by atoms with Crippen LogP contribution in [0.5, 0.6) is 11.5 Å². The molecule has 0 bridgehead atoms. The molecule has 0 aliphatic carbocycles. The molecule has 0 aliphatic heterocycles. The van der Waals surface area contributed by atoms with Crippen molar-refractivity contribution < 1.29 is 23.8 Å². The van der Waals surface area contributed by atoms with Crippen LogP contribution < -0.4 is 10.1 Å². The van der Waals surface area contributed by atoms with Gasteiger partial charge in [-0.25, -0.2) is 4.39 Å². The number of hydrogen-bond donors (Lipinski definition) is 2. The first-order valence-electron chi connectivity index (χ1n) is 12.4. The van der Waals surface area contributed by atoms with Gasteiger partial charge in [-0.1, -0.05) is 24.6 Å². The van der Waals surface area contributed by atoms with Crippen molar-refractivity contribution in [2.24, 2.45) is 7.05 Å². The van der Waals surface area contributed by atoms with Crippen LogP contribution in [0.15, 0.2) is 54.6 Å². The molecule has 0 radical (unpaired) electrons. The maximum atomic E-state index is 14.6. The predicted octanol–water partition coefficient (Wildman–Crippen LogP) is 7.28. The third-order valence-corrected chi connectivity index (χ3v) is 7.03. The van der Waals surface area contributed by atoms with Crippen LogP contribution in [0.25, 0.3) is 10.9 Å². The fourth-order valence-electron chi connectivity index (χ4n) is 4.81. The third kappa shape index (κ3) is 5.83. The first-order chi connectivity index (χ1) is 18.1. The Morgan fingerprint density at radius 3 is 2.53 bits per heavy atom. The van der Waals surface area contributed by atoms with Crippen molar-refractivity contribution in [1.29, 1.82) is 0 Å². The summed E-state index contributed by atoms with van der Waals surface area (Å²) in [6, 6.07) is 14.9. The van der Waals surface area contributed by atoms with E-state index in [0.717, 1.165) is 27.6 Å². The average molecular weight is 537 g/mol. The minimum Gasteiger partial charge on any atom is -0.481 e. The second kappa shape index (κ2) is 11.3. The van der Waals surface area contributed by atoms with Gasteiger partial charge in [-0.05, 0) is 91.4 Å². The normalized spacial score (nSPS) is 11.9. The van der Waals surface area contributed by atoms with Crippen LogP contribution in [0, 0.1) is 19.7 Å². The average Bonchev–Trinajstić information content (AvgIpc) is 3.10. The van der Waals surface area contributed by atoms with Crippen molar-refractivity contribution in [3.63, 3.8) is 0 Å². The van der Waals surface area contributed by atoms with Gasteiger partial charge in [-0.3, -0.25) is 9.59 Å². The van der Waals surface area contributed by atoms with Gasteiger partial charge in [0.1, 0.15) is 23.0 Å². The Kier molecular flexibility index (Phi) is 8.07. The number of aromatic nitrogens is 1. The lowest BCUT2D eigenvalue weighted by Gasteiger charge is -2.19. The largest absolute Gasteiger partial charge is 0.481 e. The molecule has 1 aromatic heterocycles. The summed E-state index contributed by atoms with van der Waals surface area (Å²) in [5.41, 5.74) is 4.64. The van der Waals surface area contributed by atoms with Gasteiger partial charge in [0.25, 0.3) is 5.91 Å². The summed E-state index contributed by atoms with van der Waals surface area (Å²) >= 11 is 6.17. The van der Waals surface area contributed by atoms with Crippen LogP contribution >= 0.6 is 11.6 Å². The summed E-state index contributed by atoms with van der Waals surface area (Å²) in [4.78, 5) is 24.3. The lowest BCUT2D eigenvalue weighted by atomic mass is 10.0. The Morgan fingerprint density at radius 1 is 1.08 bits per heavy atom. The highest BCUT2D eigenvalue weighted by Crippen LogP contribution is 2.31. The summed E-state index contributed by atoms with van der Waals surface area (Å²) in [6.07, 6.45) is 1.01. The summed E-state index contributed by atoms with van der Waals surface area (Å²) in [6.45, 7) is 5.69. The smallest absolute Gasteiger partial charge is 0.303 e. The summed E-state index contributed by atoms with van der Waals surface area (Å²) in [7, 11) is 1.84. The maximum Gasteiger partial charge on any atom is 0.303 e. The third-order valence-electron chi connectivity index (χ3n) is 6.80. The molecular weight excluding hydrogens is 507 g/mol. The molecular formula is C30H30ClFN2O4. The van der Waals surface area contributed by atoms with Gasteiger partial charge in [0.15, 0.2) is 0 Å². The van der Waals surface area contributed by atoms with Gasteiger partial charge >= 0.3 is 5.97 Å². The molecule has 38 heavy (non-hydrogen) atoms. The van der Waals surface area contributed by atoms with Crippen LogP contribution in [0.4, 0.5) is 4.39 Å². The van der Waals surface area contributed by atoms with E-state index >= 15 is 0 Å². The van der Waals surface area contributed by atoms with Crippen molar-refractivity contribution in [3.8, 4) is 11.5 Å². The Balaban J connectivity index is 1.56. The Bertz CT molecular complexity index is 1530. The van der Waals surface area contributed by atoms with E-state index in [9.17, 15) is 14.0 Å². The number of carboxylic acid groups (broad SMARTS) is 1. The van der Waals surface area contributed by atoms with Crippen LogP contribution in [-0.2, 0) is 18.3 Å². The molecule has 0 saturated carbocycles. The molecule has 1 atom stereocenters. The van der Waals surface area contributed by atoms with Crippen molar-refractivity contribution in [2.45, 2.75) is 46.1 Å². The maximum absolute atomic E-state index is 14.6. The highest BCUT2D eigenvalue weighted by molar-refractivity contribution is 6.31. The predicted molar refractivity (Wildman–Crippen MR) is 147 cm³/mol. The summed E-state index contributed by atoms with van der Waals surface area (Å²) < 4.78 is 22.4. The number of aryl methyl sites for hydroxylation is 4. The topological polar surface area (TPSA) is 80.6 Å². The summed E-state index contributed by atoms with van der Waals surface area (Å²) in [5, 5.41) is 13.5. The van der Waals surface area contributed by atoms with E-state index in [0.29, 0.717) is 40.6 Å². The molecule has 4 aromatic rings. The quantitative estimate of drug-likeness (QED) is 0.235. The SMILES string of the molecule is CC[C@@H](NC(=O)c1c(C)c2cc(Cl)ccc2n1C)c1cc(F)cc(Oc2ccc(CCC(=O)O)c(C)c2)c1. The van der Waals surface area contributed by atoms with Gasteiger partial charge in [0.05, 0.1) is 6.04 Å². The number of hydrogen-bond acceptors (Lipinski definition) is 3. The molecule has 0 aliphatic rings. The van der Waals surface area contributed by atoms with Crippen LogP contribution in [0.3, 0.4) is 0 Å². The fourth-order valence-corrected chi connectivity index (χ4v) is 4.98. The van der Waals surface area contributed by atoms with E-state index in [-0.39, 0.29) is 12.3 Å². The number of fused-ring (bicyclic) bond motifs is 1. The minimum atomic E-state index is -0.852. The Hall–Kier alpha value is -3.84. The number of rotatable bonds is 9.